The molecule has 0 aliphatic rings. The van der Waals surface area contributed by atoms with Crippen molar-refractivity contribution in [1.29, 1.82) is 0 Å². The maximum atomic E-state index is 12.1. The monoisotopic (exact) mass is 332 g/mol. The van der Waals surface area contributed by atoms with Gasteiger partial charge in [0, 0.05) is 28.4 Å². The van der Waals surface area contributed by atoms with Crippen molar-refractivity contribution in [2.75, 3.05) is 0 Å². The second-order valence-corrected chi connectivity index (χ2v) is 7.03. The number of amides is 1. The van der Waals surface area contributed by atoms with E-state index in [2.05, 4.69) is 29.9 Å². The lowest BCUT2D eigenvalue weighted by Crippen LogP contribution is -2.13. The molecule has 0 spiro atoms. The molecule has 126 valence electrons. The number of unbranched alkanes of at least 4 members (excludes halogenated alkanes) is 3. The van der Waals surface area contributed by atoms with E-state index in [1.807, 2.05) is 13.0 Å². The lowest BCUT2D eigenvalue weighted by Gasteiger charge is -2.12. The van der Waals surface area contributed by atoms with Gasteiger partial charge in [-0.15, -0.1) is 11.3 Å². The topological polar surface area (TPSA) is 48.0 Å². The van der Waals surface area contributed by atoms with Crippen LogP contribution in [0.2, 0.25) is 0 Å². The molecule has 0 radical (unpaired) electrons. The van der Waals surface area contributed by atoms with Crippen LogP contribution in [0.4, 0.5) is 0 Å². The molecule has 0 saturated heterocycles. The van der Waals surface area contributed by atoms with Crippen molar-refractivity contribution in [1.82, 2.24) is 4.57 Å². The number of hydrogen-bond donors (Lipinski definition) is 1. The summed E-state index contributed by atoms with van der Waals surface area (Å²) in [6, 6.07) is 4.14. The molecular weight excluding hydrogens is 304 g/mol. The molecule has 0 aliphatic carbocycles. The van der Waals surface area contributed by atoms with Gasteiger partial charge in [0.1, 0.15) is 0 Å². The van der Waals surface area contributed by atoms with Crippen molar-refractivity contribution >= 4 is 17.2 Å². The van der Waals surface area contributed by atoms with Crippen LogP contribution in [0.5, 0.6) is 0 Å². The fraction of sp³-hybridized carbons (Fsp3) is 0.526. The SMILES string of the molecule is CCCCCc1c(-c2cccs2)c(C(N)=O)c(C)n1CCCC. The Morgan fingerprint density at radius 3 is 2.52 bits per heavy atom. The maximum Gasteiger partial charge on any atom is 0.251 e. The summed E-state index contributed by atoms with van der Waals surface area (Å²) < 4.78 is 2.34. The highest BCUT2D eigenvalue weighted by Crippen LogP contribution is 2.36. The average molecular weight is 333 g/mol. The van der Waals surface area contributed by atoms with Gasteiger partial charge in [-0.25, -0.2) is 0 Å². The van der Waals surface area contributed by atoms with Gasteiger partial charge in [-0.05, 0) is 37.6 Å². The Balaban J connectivity index is 2.56. The number of primary amides is 1. The molecule has 0 aliphatic heterocycles. The first-order valence-corrected chi connectivity index (χ1v) is 9.55. The normalized spacial score (nSPS) is 11.1. The van der Waals surface area contributed by atoms with Crippen molar-refractivity contribution < 1.29 is 4.79 Å². The van der Waals surface area contributed by atoms with Crippen molar-refractivity contribution in [3.8, 4) is 10.4 Å². The first kappa shape index (κ1) is 17.8. The predicted octanol–water partition coefficient (Wildman–Crippen LogP) is 5.16. The predicted molar refractivity (Wildman–Crippen MR) is 99.1 cm³/mol. The van der Waals surface area contributed by atoms with Crippen molar-refractivity contribution in [2.45, 2.75) is 65.8 Å². The summed E-state index contributed by atoms with van der Waals surface area (Å²) >= 11 is 1.69. The van der Waals surface area contributed by atoms with Crippen LogP contribution >= 0.6 is 11.3 Å². The Hall–Kier alpha value is -1.55. The molecular formula is C19H28N2OS. The van der Waals surface area contributed by atoms with Gasteiger partial charge < -0.3 is 10.3 Å². The standard InChI is InChI=1S/C19H28N2OS/c1-4-6-8-10-15-18(16-11-9-13-23-16)17(19(20)22)14(3)21(15)12-7-5-2/h9,11,13H,4-8,10,12H2,1-3H3,(H2,20,22). The zero-order valence-corrected chi connectivity index (χ0v) is 15.3. The second kappa shape index (κ2) is 8.34. The highest BCUT2D eigenvalue weighted by Gasteiger charge is 2.24. The van der Waals surface area contributed by atoms with Crippen LogP contribution in [0.15, 0.2) is 17.5 Å². The molecule has 4 heteroatoms. The summed E-state index contributed by atoms with van der Waals surface area (Å²) in [7, 11) is 0. The van der Waals surface area contributed by atoms with Crippen molar-refractivity contribution in [3.63, 3.8) is 0 Å². The number of nitrogens with zero attached hydrogens (tertiary/aromatic N) is 1. The molecule has 2 heterocycles. The highest BCUT2D eigenvalue weighted by atomic mass is 32.1. The molecule has 0 fully saturated rings. The quantitative estimate of drug-likeness (QED) is 0.634. The third-order valence-corrected chi connectivity index (χ3v) is 5.28. The van der Waals surface area contributed by atoms with E-state index >= 15 is 0 Å². The van der Waals surface area contributed by atoms with Crippen LogP contribution in [0.1, 0.15) is 67.7 Å². The van der Waals surface area contributed by atoms with Gasteiger partial charge in [-0.3, -0.25) is 4.79 Å². The van der Waals surface area contributed by atoms with E-state index in [1.54, 1.807) is 11.3 Å². The van der Waals surface area contributed by atoms with Crippen LogP contribution in [-0.4, -0.2) is 10.5 Å². The molecule has 0 saturated carbocycles. The van der Waals surface area contributed by atoms with Crippen LogP contribution < -0.4 is 5.73 Å². The number of thiophene rings is 1. The molecule has 0 unspecified atom stereocenters. The molecule has 23 heavy (non-hydrogen) atoms. The van der Waals surface area contributed by atoms with Gasteiger partial charge in [-0.2, -0.15) is 0 Å². The van der Waals surface area contributed by atoms with Crippen LogP contribution in [0.3, 0.4) is 0 Å². The summed E-state index contributed by atoms with van der Waals surface area (Å²) in [5.41, 5.74) is 9.86. The minimum atomic E-state index is -0.308. The van der Waals surface area contributed by atoms with Crippen LogP contribution in [0.25, 0.3) is 10.4 Å². The van der Waals surface area contributed by atoms with Crippen LogP contribution in [-0.2, 0) is 13.0 Å². The van der Waals surface area contributed by atoms with Gasteiger partial charge in [-0.1, -0.05) is 39.2 Å². The third-order valence-electron chi connectivity index (χ3n) is 4.40. The van der Waals surface area contributed by atoms with Gasteiger partial charge in [0.15, 0.2) is 0 Å². The number of hydrogen-bond acceptors (Lipinski definition) is 2. The highest BCUT2D eigenvalue weighted by molar-refractivity contribution is 7.13. The second-order valence-electron chi connectivity index (χ2n) is 6.09. The Morgan fingerprint density at radius 1 is 1.22 bits per heavy atom. The van der Waals surface area contributed by atoms with E-state index in [1.165, 1.54) is 18.5 Å². The maximum absolute atomic E-state index is 12.1. The van der Waals surface area contributed by atoms with Gasteiger partial charge >= 0.3 is 0 Å². The van der Waals surface area contributed by atoms with Crippen molar-refractivity contribution in [3.05, 3.63) is 34.5 Å². The van der Waals surface area contributed by atoms with Gasteiger partial charge in [0.25, 0.3) is 5.91 Å². The molecule has 1 amide bonds. The molecule has 0 aromatic carbocycles. The number of nitrogens with two attached hydrogens (primary N) is 1. The van der Waals surface area contributed by atoms with E-state index in [0.717, 1.165) is 53.9 Å². The summed E-state index contributed by atoms with van der Waals surface area (Å²) in [5, 5.41) is 2.06. The smallest absolute Gasteiger partial charge is 0.251 e. The summed E-state index contributed by atoms with van der Waals surface area (Å²) in [6.07, 6.45) is 6.85. The molecule has 3 nitrogen and oxygen atoms in total. The zero-order chi connectivity index (χ0) is 16.8. The van der Waals surface area contributed by atoms with Gasteiger partial charge in [0.05, 0.1) is 5.56 Å². The Morgan fingerprint density at radius 2 is 1.96 bits per heavy atom. The largest absolute Gasteiger partial charge is 0.366 e. The number of rotatable bonds is 9. The first-order valence-electron chi connectivity index (χ1n) is 8.67. The fourth-order valence-corrected chi connectivity index (χ4v) is 4.01. The lowest BCUT2D eigenvalue weighted by molar-refractivity contribution is 0.1000. The summed E-state index contributed by atoms with van der Waals surface area (Å²) in [4.78, 5) is 13.3. The van der Waals surface area contributed by atoms with Crippen molar-refractivity contribution in [2.24, 2.45) is 5.73 Å². The lowest BCUT2D eigenvalue weighted by atomic mass is 10.0. The third kappa shape index (κ3) is 3.86. The average Bonchev–Trinajstić information content (AvgIpc) is 3.12. The minimum absolute atomic E-state index is 0.308. The minimum Gasteiger partial charge on any atom is -0.366 e. The molecule has 2 aromatic rings. The number of aromatic nitrogens is 1. The molecule has 2 rings (SSSR count). The Kier molecular flexibility index (Phi) is 6.46. The first-order chi connectivity index (χ1) is 11.1. The Bertz CT molecular complexity index is 641. The van der Waals surface area contributed by atoms with Gasteiger partial charge in [0.2, 0.25) is 0 Å². The molecule has 2 aromatic heterocycles. The van der Waals surface area contributed by atoms with E-state index in [9.17, 15) is 4.79 Å². The zero-order valence-electron chi connectivity index (χ0n) is 14.5. The molecule has 0 bridgehead atoms. The van der Waals surface area contributed by atoms with E-state index in [0.29, 0.717) is 0 Å². The van der Waals surface area contributed by atoms with E-state index in [4.69, 9.17) is 5.73 Å². The van der Waals surface area contributed by atoms with E-state index in [-0.39, 0.29) is 5.91 Å². The molecule has 2 N–H and O–H groups in total. The number of carbonyl (C=O) groups excluding carboxylic acids is 1. The fourth-order valence-electron chi connectivity index (χ4n) is 3.21. The summed E-state index contributed by atoms with van der Waals surface area (Å²) in [6.45, 7) is 7.42. The number of carbonyl (C=O) groups is 1. The summed E-state index contributed by atoms with van der Waals surface area (Å²) in [5.74, 6) is -0.308. The Labute approximate surface area is 143 Å². The molecule has 0 atom stereocenters. The van der Waals surface area contributed by atoms with E-state index < -0.39 is 0 Å². The van der Waals surface area contributed by atoms with Crippen LogP contribution in [0, 0.1) is 6.92 Å².